The summed E-state index contributed by atoms with van der Waals surface area (Å²) in [6, 6.07) is 16.2. The Hall–Kier alpha value is -2.80. The first-order valence-electron chi connectivity index (χ1n) is 9.69. The van der Waals surface area contributed by atoms with Gasteiger partial charge in [-0.15, -0.1) is 10.2 Å². The van der Waals surface area contributed by atoms with Crippen LogP contribution in [0.4, 0.5) is 0 Å². The van der Waals surface area contributed by atoms with Crippen molar-refractivity contribution in [3.8, 4) is 17.1 Å². The predicted molar refractivity (Wildman–Crippen MR) is 114 cm³/mol. The average Bonchev–Trinajstić information content (AvgIpc) is 3.13. The van der Waals surface area contributed by atoms with Crippen LogP contribution in [0, 0.1) is 0 Å². The van der Waals surface area contributed by atoms with Crippen LogP contribution in [0.1, 0.15) is 30.0 Å². The molecular formula is C22H24N4O2S. The number of fused-ring (bicyclic) bond motifs is 1. The molecule has 6 nitrogen and oxygen atoms in total. The van der Waals surface area contributed by atoms with E-state index in [9.17, 15) is 4.79 Å². The number of thioether (sulfide) groups is 1. The van der Waals surface area contributed by atoms with Crippen molar-refractivity contribution in [2.75, 3.05) is 12.9 Å². The fourth-order valence-corrected chi connectivity index (χ4v) is 4.45. The Labute approximate surface area is 174 Å². The number of hydrogen-bond acceptors (Lipinski definition) is 5. The van der Waals surface area contributed by atoms with Crippen LogP contribution < -0.4 is 10.1 Å². The summed E-state index contributed by atoms with van der Waals surface area (Å²) in [7, 11) is 3.55. The number of carbonyl (C=O) groups is 1. The number of hydrogen-bond donors (Lipinski definition) is 1. The highest BCUT2D eigenvalue weighted by molar-refractivity contribution is 7.99. The van der Waals surface area contributed by atoms with E-state index >= 15 is 0 Å². The van der Waals surface area contributed by atoms with Crippen molar-refractivity contribution < 1.29 is 9.53 Å². The van der Waals surface area contributed by atoms with Crippen molar-refractivity contribution >= 4 is 17.7 Å². The summed E-state index contributed by atoms with van der Waals surface area (Å²) in [6.45, 7) is 0. The number of amides is 1. The summed E-state index contributed by atoms with van der Waals surface area (Å²) in [6.07, 6.45) is 3.17. The topological polar surface area (TPSA) is 69.0 Å². The van der Waals surface area contributed by atoms with Gasteiger partial charge in [-0.05, 0) is 42.5 Å². The monoisotopic (exact) mass is 408 g/mol. The first kappa shape index (κ1) is 19.5. The van der Waals surface area contributed by atoms with E-state index < -0.39 is 0 Å². The zero-order chi connectivity index (χ0) is 20.2. The van der Waals surface area contributed by atoms with Gasteiger partial charge >= 0.3 is 0 Å². The number of rotatable bonds is 6. The van der Waals surface area contributed by atoms with Gasteiger partial charge < -0.3 is 14.6 Å². The van der Waals surface area contributed by atoms with Crippen molar-refractivity contribution in [2.45, 2.75) is 30.5 Å². The number of benzene rings is 2. The second-order valence-electron chi connectivity index (χ2n) is 7.10. The van der Waals surface area contributed by atoms with Crippen LogP contribution >= 0.6 is 11.8 Å². The van der Waals surface area contributed by atoms with Gasteiger partial charge in [-0.25, -0.2) is 0 Å². The summed E-state index contributed by atoms with van der Waals surface area (Å²) in [5, 5.41) is 12.4. The first-order valence-corrected chi connectivity index (χ1v) is 10.7. The van der Waals surface area contributed by atoms with Crippen molar-refractivity contribution in [2.24, 2.45) is 7.05 Å². The summed E-state index contributed by atoms with van der Waals surface area (Å²) in [5.74, 6) is 1.84. The molecule has 1 aliphatic rings. The first-order chi connectivity index (χ1) is 14.2. The molecule has 2 aromatic carbocycles. The largest absolute Gasteiger partial charge is 0.497 e. The molecule has 0 bridgehead atoms. The fourth-order valence-electron chi connectivity index (χ4n) is 3.72. The third-order valence-corrected chi connectivity index (χ3v) is 6.22. The maximum absolute atomic E-state index is 12.6. The molecule has 7 heteroatoms. The average molecular weight is 409 g/mol. The van der Waals surface area contributed by atoms with Crippen molar-refractivity contribution in [1.82, 2.24) is 20.1 Å². The van der Waals surface area contributed by atoms with Gasteiger partial charge in [0.15, 0.2) is 11.0 Å². The van der Waals surface area contributed by atoms with Crippen LogP contribution in [0.2, 0.25) is 0 Å². The van der Waals surface area contributed by atoms with Gasteiger partial charge in [-0.3, -0.25) is 4.79 Å². The van der Waals surface area contributed by atoms with Gasteiger partial charge in [0.25, 0.3) is 0 Å². The quantitative estimate of drug-likeness (QED) is 0.629. The van der Waals surface area contributed by atoms with Crippen LogP contribution in [-0.4, -0.2) is 33.5 Å². The molecule has 0 radical (unpaired) electrons. The van der Waals surface area contributed by atoms with E-state index in [2.05, 4.69) is 33.7 Å². The zero-order valence-corrected chi connectivity index (χ0v) is 17.4. The molecule has 1 aliphatic carbocycles. The van der Waals surface area contributed by atoms with E-state index in [1.165, 1.54) is 22.9 Å². The molecule has 0 saturated heterocycles. The highest BCUT2D eigenvalue weighted by Gasteiger charge is 2.22. The van der Waals surface area contributed by atoms with E-state index in [4.69, 9.17) is 4.74 Å². The highest BCUT2D eigenvalue weighted by Crippen LogP contribution is 2.30. The Bertz CT molecular complexity index is 1020. The van der Waals surface area contributed by atoms with Gasteiger partial charge in [-0.1, -0.05) is 48.2 Å². The summed E-state index contributed by atoms with van der Waals surface area (Å²) >= 11 is 1.40. The lowest BCUT2D eigenvalue weighted by Crippen LogP contribution is -2.32. The van der Waals surface area contributed by atoms with E-state index in [0.29, 0.717) is 10.9 Å². The highest BCUT2D eigenvalue weighted by atomic mass is 32.2. The van der Waals surface area contributed by atoms with Gasteiger partial charge in [0.2, 0.25) is 5.91 Å². The number of nitrogens with one attached hydrogen (secondary N) is 1. The van der Waals surface area contributed by atoms with Crippen molar-refractivity contribution in [3.63, 3.8) is 0 Å². The molecule has 1 aromatic heterocycles. The molecule has 1 heterocycles. The predicted octanol–water partition coefficient (Wildman–Crippen LogP) is 3.78. The minimum Gasteiger partial charge on any atom is -0.497 e. The number of ether oxygens (including phenoxy) is 1. The Morgan fingerprint density at radius 1 is 1.24 bits per heavy atom. The molecule has 0 unspecified atom stereocenters. The zero-order valence-electron chi connectivity index (χ0n) is 16.6. The molecule has 1 amide bonds. The molecule has 0 spiro atoms. The molecule has 0 fully saturated rings. The maximum atomic E-state index is 12.6. The standard InChI is InChI=1S/C22H24N4O2S/c1-26-21(16-9-5-10-17(13-16)28-2)24-25-22(26)29-14-20(27)23-19-12-6-8-15-7-3-4-11-18(15)19/h3-5,7,9-11,13,19H,6,8,12,14H2,1-2H3,(H,23,27)/t19-/m0/s1. The molecule has 0 saturated carbocycles. The molecule has 150 valence electrons. The van der Waals surface area contributed by atoms with E-state index in [0.717, 1.165) is 36.4 Å². The lowest BCUT2D eigenvalue weighted by atomic mass is 9.88. The Balaban J connectivity index is 1.40. The maximum Gasteiger partial charge on any atom is 0.230 e. The molecule has 4 rings (SSSR count). The molecular weight excluding hydrogens is 384 g/mol. The Kier molecular flexibility index (Phi) is 5.85. The summed E-state index contributed by atoms with van der Waals surface area (Å²) in [5.41, 5.74) is 3.51. The summed E-state index contributed by atoms with van der Waals surface area (Å²) in [4.78, 5) is 12.6. The van der Waals surface area contributed by atoms with Gasteiger partial charge in [0.05, 0.1) is 18.9 Å². The minimum absolute atomic E-state index is 0.0163. The number of aromatic nitrogens is 3. The van der Waals surface area contributed by atoms with E-state index in [1.54, 1.807) is 7.11 Å². The Morgan fingerprint density at radius 3 is 2.97 bits per heavy atom. The van der Waals surface area contributed by atoms with E-state index in [1.807, 2.05) is 41.9 Å². The third-order valence-electron chi connectivity index (χ3n) is 5.20. The van der Waals surface area contributed by atoms with Crippen molar-refractivity contribution in [3.05, 3.63) is 59.7 Å². The van der Waals surface area contributed by atoms with Gasteiger partial charge in [0, 0.05) is 12.6 Å². The van der Waals surface area contributed by atoms with Gasteiger partial charge in [0.1, 0.15) is 5.75 Å². The summed E-state index contributed by atoms with van der Waals surface area (Å²) < 4.78 is 7.19. The van der Waals surface area contributed by atoms with Crippen LogP contribution in [-0.2, 0) is 18.3 Å². The molecule has 3 aromatic rings. The van der Waals surface area contributed by atoms with Crippen LogP contribution in [0.15, 0.2) is 53.7 Å². The van der Waals surface area contributed by atoms with Crippen LogP contribution in [0.5, 0.6) is 5.75 Å². The molecule has 1 atom stereocenters. The normalized spacial score (nSPS) is 15.6. The van der Waals surface area contributed by atoms with Crippen LogP contribution in [0.25, 0.3) is 11.4 Å². The Morgan fingerprint density at radius 2 is 2.10 bits per heavy atom. The van der Waals surface area contributed by atoms with Gasteiger partial charge in [-0.2, -0.15) is 0 Å². The lowest BCUT2D eigenvalue weighted by molar-refractivity contribution is -0.119. The second kappa shape index (κ2) is 8.69. The molecule has 0 aliphatic heterocycles. The fraction of sp³-hybridized carbons (Fsp3) is 0.318. The number of methoxy groups -OCH3 is 1. The molecule has 1 N–H and O–H groups in total. The second-order valence-corrected chi connectivity index (χ2v) is 8.04. The SMILES string of the molecule is COc1cccc(-c2nnc(SCC(=O)N[C@H]3CCCc4ccccc43)n2C)c1. The smallest absolute Gasteiger partial charge is 0.230 e. The number of nitrogens with zero attached hydrogens (tertiary/aromatic N) is 3. The number of carbonyl (C=O) groups excluding carboxylic acids is 1. The minimum atomic E-state index is 0.0163. The van der Waals surface area contributed by atoms with Crippen LogP contribution in [0.3, 0.4) is 0 Å². The lowest BCUT2D eigenvalue weighted by Gasteiger charge is -2.26. The molecule has 29 heavy (non-hydrogen) atoms. The van der Waals surface area contributed by atoms with E-state index in [-0.39, 0.29) is 11.9 Å². The third kappa shape index (κ3) is 4.29. The number of aryl methyl sites for hydroxylation is 1. The van der Waals surface area contributed by atoms with Crippen molar-refractivity contribution in [1.29, 1.82) is 0 Å².